The summed E-state index contributed by atoms with van der Waals surface area (Å²) >= 11 is 11.7. The van der Waals surface area contributed by atoms with E-state index >= 15 is 0 Å². The van der Waals surface area contributed by atoms with E-state index in [0.717, 1.165) is 6.07 Å². The lowest BCUT2D eigenvalue weighted by Gasteiger charge is -2.04. The second-order valence-corrected chi connectivity index (χ2v) is 5.08. The van der Waals surface area contributed by atoms with Gasteiger partial charge in [0.2, 0.25) is 0 Å². The van der Waals surface area contributed by atoms with Crippen LogP contribution < -0.4 is 0 Å². The summed E-state index contributed by atoms with van der Waals surface area (Å²) in [5.74, 6) is -1.43. The summed E-state index contributed by atoms with van der Waals surface area (Å²) in [5.41, 5.74) is -0.318. The third-order valence-electron chi connectivity index (χ3n) is 3.02. The van der Waals surface area contributed by atoms with Crippen LogP contribution in [0, 0.1) is 11.0 Å². The van der Waals surface area contributed by atoms with Gasteiger partial charge in [-0.25, -0.2) is 0 Å². The van der Waals surface area contributed by atoms with E-state index in [1.54, 1.807) is 18.2 Å². The molecule has 0 saturated carbocycles. The first kappa shape index (κ1) is 13.1. The molecule has 2 aromatic rings. The van der Waals surface area contributed by atoms with Crippen LogP contribution in [0.25, 0.3) is 0 Å². The fraction of sp³-hybridized carbons (Fsp3) is 0. The molecule has 100 valence electrons. The second-order valence-electron chi connectivity index (χ2n) is 4.24. The summed E-state index contributed by atoms with van der Waals surface area (Å²) < 4.78 is 14.1. The van der Waals surface area contributed by atoms with E-state index in [2.05, 4.69) is 0 Å². The van der Waals surface area contributed by atoms with Gasteiger partial charge in [0.1, 0.15) is 5.56 Å². The molecule has 3 rings (SSSR count). The minimum atomic E-state index is -0.835. The maximum absolute atomic E-state index is 13.8. The lowest BCUT2D eigenvalue weighted by atomic mass is 10.0. The Morgan fingerprint density at radius 3 is 2.50 bits per heavy atom. The fourth-order valence-electron chi connectivity index (χ4n) is 2.16. The number of nitrogens with zero attached hydrogens (tertiary/aromatic N) is 1. The molecule has 20 heavy (non-hydrogen) atoms. The molecule has 6 heteroatoms. The molecule has 3 nitrogen and oxygen atoms in total. The molecule has 0 saturated heterocycles. The van der Waals surface area contributed by atoms with Crippen LogP contribution in [0.2, 0.25) is 10.0 Å². The summed E-state index contributed by atoms with van der Waals surface area (Å²) in [6.07, 6.45) is 0. The van der Waals surface area contributed by atoms with Crippen LogP contribution in [0.5, 0.6) is 0 Å². The maximum atomic E-state index is 13.8. The fourth-order valence-corrected chi connectivity index (χ4v) is 2.59. The molecule has 1 aliphatic rings. The molecule has 0 aromatic heterocycles. The van der Waals surface area contributed by atoms with Gasteiger partial charge in [-0.05, 0) is 24.3 Å². The molecule has 0 bridgehead atoms. The van der Waals surface area contributed by atoms with Gasteiger partial charge in [0.05, 0.1) is 10.6 Å². The zero-order valence-electron chi connectivity index (χ0n) is 9.86. The van der Waals surface area contributed by atoms with E-state index in [0.29, 0.717) is 0 Å². The number of carbonyl (C=O) groups is 1. The quantitative estimate of drug-likeness (QED) is 0.591. The largest absolute Gasteiger partial charge is 0.618 e. The highest BCUT2D eigenvalue weighted by atomic mass is 35.5. The lowest BCUT2D eigenvalue weighted by molar-refractivity contribution is -0.358. The van der Waals surface area contributed by atoms with Gasteiger partial charge in [0.25, 0.3) is 17.2 Å². The first-order chi connectivity index (χ1) is 9.50. The molecule has 0 aliphatic carbocycles. The summed E-state index contributed by atoms with van der Waals surface area (Å²) in [7, 11) is 0. The Kier molecular flexibility index (Phi) is 3.00. The Morgan fingerprint density at radius 2 is 1.80 bits per heavy atom. The van der Waals surface area contributed by atoms with Crippen molar-refractivity contribution >= 4 is 40.4 Å². The predicted molar refractivity (Wildman–Crippen MR) is 74.6 cm³/mol. The van der Waals surface area contributed by atoms with Crippen molar-refractivity contribution in [2.75, 3.05) is 0 Å². The Hall–Kier alpha value is -1.91. The number of ketones is 1. The minimum Gasteiger partial charge on any atom is -0.618 e. The van der Waals surface area contributed by atoms with Gasteiger partial charge in [-0.15, -0.1) is 0 Å². The Bertz CT molecular complexity index is 787. The van der Waals surface area contributed by atoms with Crippen molar-refractivity contribution in [3.8, 4) is 0 Å². The van der Waals surface area contributed by atoms with Crippen molar-refractivity contribution in [1.82, 2.24) is 0 Å². The van der Waals surface area contributed by atoms with E-state index in [4.69, 9.17) is 23.2 Å². The number of fused-ring (bicyclic) bond motifs is 1. The molecular weight excluding hydrogens is 304 g/mol. The maximum Gasteiger partial charge on any atom is 0.274 e. The van der Waals surface area contributed by atoms with Gasteiger partial charge >= 0.3 is 0 Å². The number of rotatable bonds is 1. The van der Waals surface area contributed by atoms with Crippen molar-refractivity contribution in [2.45, 2.75) is 0 Å². The Balaban J connectivity index is 2.29. The topological polar surface area (TPSA) is 43.1 Å². The highest BCUT2D eigenvalue weighted by Crippen LogP contribution is 2.34. The molecule has 0 N–H and O–H groups in total. The van der Waals surface area contributed by atoms with Crippen molar-refractivity contribution in [1.29, 1.82) is 0 Å². The van der Waals surface area contributed by atoms with Crippen molar-refractivity contribution < 1.29 is 13.9 Å². The number of hydrogen-bond donors (Lipinski definition) is 0. The van der Waals surface area contributed by atoms with Crippen molar-refractivity contribution in [3.05, 3.63) is 68.6 Å². The molecule has 2 aromatic carbocycles. The molecule has 0 amide bonds. The number of halogens is 3. The smallest absolute Gasteiger partial charge is 0.274 e. The van der Waals surface area contributed by atoms with Crippen LogP contribution in [-0.4, -0.2) is 16.2 Å². The van der Waals surface area contributed by atoms with E-state index < -0.39 is 11.6 Å². The number of carbonyl (C=O) groups excluding carboxylic acids is 1. The molecular formula is C14H6Cl2FNO2. The van der Waals surface area contributed by atoms with Crippen LogP contribution in [0.1, 0.15) is 15.9 Å². The molecule has 1 heterocycles. The first-order valence-corrected chi connectivity index (χ1v) is 6.39. The molecule has 0 atom stereocenters. The van der Waals surface area contributed by atoms with E-state index in [9.17, 15) is 14.4 Å². The highest BCUT2D eigenvalue weighted by molar-refractivity contribution is 6.54. The molecule has 0 spiro atoms. The van der Waals surface area contributed by atoms with Crippen LogP contribution in [0.4, 0.5) is 10.1 Å². The van der Waals surface area contributed by atoms with Gasteiger partial charge in [0, 0.05) is 5.02 Å². The first-order valence-electron chi connectivity index (χ1n) is 5.63. The Morgan fingerprint density at radius 1 is 1.10 bits per heavy atom. The lowest BCUT2D eigenvalue weighted by Crippen LogP contribution is -2.17. The van der Waals surface area contributed by atoms with Gasteiger partial charge in [-0.2, -0.15) is 9.13 Å². The summed E-state index contributed by atoms with van der Waals surface area (Å²) in [6.45, 7) is 0. The number of benzene rings is 2. The SMILES string of the molecule is O=C1C(c2ccccc2Cl)=[N+]([O-])c2c(F)cc(Cl)cc21. The summed E-state index contributed by atoms with van der Waals surface area (Å²) in [4.78, 5) is 12.3. The summed E-state index contributed by atoms with van der Waals surface area (Å²) in [5, 5.41) is 12.5. The Labute approximate surface area is 123 Å². The van der Waals surface area contributed by atoms with Crippen LogP contribution in [0.15, 0.2) is 36.4 Å². The van der Waals surface area contributed by atoms with Crippen LogP contribution in [-0.2, 0) is 0 Å². The zero-order valence-corrected chi connectivity index (χ0v) is 11.4. The summed E-state index contributed by atoms with van der Waals surface area (Å²) in [6, 6.07) is 8.67. The molecule has 1 aliphatic heterocycles. The number of hydrogen-bond acceptors (Lipinski definition) is 2. The highest BCUT2D eigenvalue weighted by Gasteiger charge is 2.40. The van der Waals surface area contributed by atoms with Gasteiger partial charge in [-0.1, -0.05) is 35.3 Å². The second kappa shape index (κ2) is 4.58. The van der Waals surface area contributed by atoms with Crippen molar-refractivity contribution in [2.24, 2.45) is 0 Å². The van der Waals surface area contributed by atoms with E-state index in [1.165, 1.54) is 12.1 Å². The predicted octanol–water partition coefficient (Wildman–Crippen LogP) is 3.96. The van der Waals surface area contributed by atoms with Crippen molar-refractivity contribution in [3.63, 3.8) is 0 Å². The van der Waals surface area contributed by atoms with E-state index in [-0.39, 0.29) is 37.3 Å². The standard InChI is InChI=1S/C14H6Cl2FNO2/c15-7-5-9-12(11(17)6-7)18(20)13(14(9)19)8-3-1-2-4-10(8)16/h1-6H. The third kappa shape index (κ3) is 1.80. The van der Waals surface area contributed by atoms with Crippen LogP contribution >= 0.6 is 23.2 Å². The van der Waals surface area contributed by atoms with Gasteiger partial charge in [-0.3, -0.25) is 4.79 Å². The average molecular weight is 310 g/mol. The number of Topliss-reactive ketones (excluding diaryl/α,β-unsaturated/α-hetero) is 1. The van der Waals surface area contributed by atoms with Gasteiger partial charge < -0.3 is 5.21 Å². The zero-order chi connectivity index (χ0) is 14.4. The minimum absolute atomic E-state index is 0.0556. The third-order valence-corrected chi connectivity index (χ3v) is 3.57. The monoisotopic (exact) mass is 309 g/mol. The van der Waals surface area contributed by atoms with E-state index in [1.807, 2.05) is 0 Å². The van der Waals surface area contributed by atoms with Crippen LogP contribution in [0.3, 0.4) is 0 Å². The average Bonchev–Trinajstić information content (AvgIpc) is 2.63. The normalized spacial score (nSPS) is 13.8. The van der Waals surface area contributed by atoms with Gasteiger partial charge in [0.15, 0.2) is 5.82 Å². The molecule has 0 unspecified atom stereocenters. The molecule has 0 radical (unpaired) electrons. The molecule has 0 fully saturated rings.